The number of nitrogens with one attached hydrogen (secondary N) is 2. The van der Waals surface area contributed by atoms with E-state index in [-0.39, 0.29) is 18.2 Å². The molecule has 2 amide bonds. The van der Waals surface area contributed by atoms with Crippen molar-refractivity contribution in [1.29, 1.82) is 0 Å². The van der Waals surface area contributed by atoms with Crippen LogP contribution >= 0.6 is 35.4 Å². The lowest BCUT2D eigenvalue weighted by Crippen LogP contribution is -2.60. The van der Waals surface area contributed by atoms with E-state index in [0.717, 1.165) is 18.8 Å². The van der Waals surface area contributed by atoms with E-state index in [1.54, 1.807) is 23.1 Å². The number of nitrogens with zero attached hydrogens (tertiary/aromatic N) is 3. The molecule has 2 saturated heterocycles. The van der Waals surface area contributed by atoms with Gasteiger partial charge in [-0.05, 0) is 42.5 Å². The van der Waals surface area contributed by atoms with Gasteiger partial charge in [0.25, 0.3) is 0 Å². The van der Waals surface area contributed by atoms with Crippen molar-refractivity contribution in [3.8, 4) is 0 Å². The first-order valence-electron chi connectivity index (χ1n) is 10.8. The molecular weight excluding hydrogens is 481 g/mol. The Bertz CT molecular complexity index is 1010. The van der Waals surface area contributed by atoms with Crippen LogP contribution in [0.1, 0.15) is 6.42 Å². The first kappa shape index (κ1) is 23.6. The number of rotatable bonds is 4. The van der Waals surface area contributed by atoms with Crippen molar-refractivity contribution in [3.63, 3.8) is 0 Å². The van der Waals surface area contributed by atoms with Gasteiger partial charge in [-0.15, -0.1) is 0 Å². The van der Waals surface area contributed by atoms with E-state index in [1.165, 1.54) is 0 Å². The van der Waals surface area contributed by atoms with Gasteiger partial charge >= 0.3 is 0 Å². The molecule has 4 rings (SSSR count). The summed E-state index contributed by atoms with van der Waals surface area (Å²) in [5.74, 6) is -0.255. The summed E-state index contributed by atoms with van der Waals surface area (Å²) in [5.41, 5.74) is 1.78. The van der Waals surface area contributed by atoms with Crippen LogP contribution in [-0.2, 0) is 9.59 Å². The lowest BCUT2D eigenvalue weighted by Gasteiger charge is -2.39. The minimum atomic E-state index is -0.673. The first-order valence-corrected chi connectivity index (χ1v) is 12.0. The number of carbonyl (C=O) groups excluding carboxylic acids is 2. The number of para-hydroxylation sites is 1. The monoisotopic (exact) mass is 505 g/mol. The molecule has 7 nitrogen and oxygen atoms in total. The van der Waals surface area contributed by atoms with Gasteiger partial charge in [-0.2, -0.15) is 0 Å². The van der Waals surface area contributed by atoms with Crippen molar-refractivity contribution in [3.05, 3.63) is 58.6 Å². The highest BCUT2D eigenvalue weighted by molar-refractivity contribution is 7.80. The van der Waals surface area contributed by atoms with Gasteiger partial charge in [-0.3, -0.25) is 9.59 Å². The van der Waals surface area contributed by atoms with Gasteiger partial charge in [-0.1, -0.05) is 41.4 Å². The Morgan fingerprint density at radius 3 is 2.36 bits per heavy atom. The molecule has 33 heavy (non-hydrogen) atoms. The van der Waals surface area contributed by atoms with E-state index in [2.05, 4.69) is 27.7 Å². The van der Waals surface area contributed by atoms with E-state index in [4.69, 9.17) is 35.4 Å². The Labute approximate surface area is 208 Å². The Morgan fingerprint density at radius 1 is 1.03 bits per heavy atom. The number of hydrogen-bond donors (Lipinski definition) is 2. The topological polar surface area (TPSA) is 67.9 Å². The molecule has 0 radical (unpaired) electrons. The van der Waals surface area contributed by atoms with Gasteiger partial charge < -0.3 is 25.3 Å². The van der Waals surface area contributed by atoms with Gasteiger partial charge in [0.2, 0.25) is 11.8 Å². The van der Waals surface area contributed by atoms with E-state index in [0.29, 0.717) is 47.0 Å². The highest BCUT2D eigenvalue weighted by Crippen LogP contribution is 2.24. The van der Waals surface area contributed by atoms with E-state index < -0.39 is 6.04 Å². The standard InChI is InChI=1S/C23H25Cl2N5O2S/c24-16-12-17(25)14-18(13-16)27-23(33)30-7-6-26-22(32)20(30)15-21(31)29-10-8-28(9-11-29)19-4-2-1-3-5-19/h1-5,12-14,20H,6-11,15H2,(H,26,32)(H,27,33)/t20-/m1/s1. The van der Waals surface area contributed by atoms with Crippen LogP contribution in [0.15, 0.2) is 48.5 Å². The average Bonchev–Trinajstić information content (AvgIpc) is 2.80. The second-order valence-corrected chi connectivity index (χ2v) is 9.26. The number of carbonyl (C=O) groups is 2. The Morgan fingerprint density at radius 2 is 1.70 bits per heavy atom. The van der Waals surface area contributed by atoms with Crippen LogP contribution in [0.2, 0.25) is 10.0 Å². The van der Waals surface area contributed by atoms with Gasteiger partial charge in [0.05, 0.1) is 6.42 Å². The van der Waals surface area contributed by atoms with Crippen molar-refractivity contribution in [1.82, 2.24) is 15.1 Å². The number of anilines is 2. The summed E-state index contributed by atoms with van der Waals surface area (Å²) in [6.45, 7) is 3.71. The smallest absolute Gasteiger partial charge is 0.243 e. The maximum Gasteiger partial charge on any atom is 0.243 e. The van der Waals surface area contributed by atoms with Crippen LogP contribution in [-0.4, -0.2) is 72.0 Å². The minimum Gasteiger partial charge on any atom is -0.368 e. The minimum absolute atomic E-state index is 0.0524. The molecule has 0 saturated carbocycles. The normalized spacial score (nSPS) is 18.7. The van der Waals surface area contributed by atoms with Crippen LogP contribution in [0.5, 0.6) is 0 Å². The van der Waals surface area contributed by atoms with E-state index >= 15 is 0 Å². The molecule has 2 aliphatic heterocycles. The fraction of sp³-hybridized carbons (Fsp3) is 0.348. The zero-order chi connectivity index (χ0) is 23.4. The fourth-order valence-corrected chi connectivity index (χ4v) is 4.99. The molecule has 1 atom stereocenters. The summed E-state index contributed by atoms with van der Waals surface area (Å²) in [4.78, 5) is 31.6. The second kappa shape index (κ2) is 10.6. The van der Waals surface area contributed by atoms with E-state index in [1.807, 2.05) is 23.1 Å². The Kier molecular flexibility index (Phi) is 7.57. The van der Waals surface area contributed by atoms with Gasteiger partial charge in [0.1, 0.15) is 6.04 Å². The van der Waals surface area contributed by atoms with Crippen LogP contribution in [0.4, 0.5) is 11.4 Å². The third-order valence-electron chi connectivity index (χ3n) is 5.83. The molecule has 2 N–H and O–H groups in total. The molecule has 0 spiro atoms. The average molecular weight is 506 g/mol. The summed E-state index contributed by atoms with van der Waals surface area (Å²) in [6.07, 6.45) is 0.0648. The highest BCUT2D eigenvalue weighted by Gasteiger charge is 2.35. The highest BCUT2D eigenvalue weighted by atomic mass is 35.5. The lowest BCUT2D eigenvalue weighted by molar-refractivity contribution is -0.137. The summed E-state index contributed by atoms with van der Waals surface area (Å²) >= 11 is 17.7. The zero-order valence-corrected chi connectivity index (χ0v) is 20.3. The predicted octanol–water partition coefficient (Wildman–Crippen LogP) is 3.23. The molecule has 0 bridgehead atoms. The van der Waals surface area contributed by atoms with Gasteiger partial charge in [0, 0.05) is 60.7 Å². The quantitative estimate of drug-likeness (QED) is 0.621. The molecule has 174 valence electrons. The summed E-state index contributed by atoms with van der Waals surface area (Å²) < 4.78 is 0. The van der Waals surface area contributed by atoms with Gasteiger partial charge in [-0.25, -0.2) is 0 Å². The number of hydrogen-bond acceptors (Lipinski definition) is 4. The molecule has 2 fully saturated rings. The predicted molar refractivity (Wildman–Crippen MR) is 136 cm³/mol. The lowest BCUT2D eigenvalue weighted by atomic mass is 10.1. The van der Waals surface area contributed by atoms with Crippen LogP contribution in [0, 0.1) is 0 Å². The van der Waals surface area contributed by atoms with Crippen molar-refractivity contribution < 1.29 is 9.59 Å². The number of piperazine rings is 2. The number of halogens is 2. The second-order valence-electron chi connectivity index (χ2n) is 8.00. The number of thiocarbonyl (C=S) groups is 1. The van der Waals surface area contributed by atoms with Crippen LogP contribution < -0.4 is 15.5 Å². The molecular formula is C23H25Cl2N5O2S. The fourth-order valence-electron chi connectivity index (χ4n) is 4.13. The summed E-state index contributed by atoms with van der Waals surface area (Å²) in [5, 5.41) is 7.26. The SMILES string of the molecule is O=C1NCCN(C(=S)Nc2cc(Cl)cc(Cl)c2)[C@@H]1CC(=O)N1CCN(c2ccccc2)CC1. The largest absolute Gasteiger partial charge is 0.368 e. The summed E-state index contributed by atoms with van der Waals surface area (Å²) in [6, 6.07) is 14.5. The molecule has 0 aliphatic carbocycles. The Balaban J connectivity index is 1.38. The van der Waals surface area contributed by atoms with Crippen LogP contribution in [0.3, 0.4) is 0 Å². The molecule has 0 unspecified atom stereocenters. The zero-order valence-electron chi connectivity index (χ0n) is 18.0. The molecule has 10 heteroatoms. The third kappa shape index (κ3) is 5.88. The molecule has 2 aromatic carbocycles. The third-order valence-corrected chi connectivity index (χ3v) is 6.60. The van der Waals surface area contributed by atoms with Crippen molar-refractivity contribution >= 4 is 63.7 Å². The number of benzene rings is 2. The van der Waals surface area contributed by atoms with E-state index in [9.17, 15) is 9.59 Å². The first-order chi connectivity index (χ1) is 15.9. The van der Waals surface area contributed by atoms with Crippen molar-refractivity contribution in [2.24, 2.45) is 0 Å². The maximum atomic E-state index is 13.1. The van der Waals surface area contributed by atoms with Crippen molar-refractivity contribution in [2.45, 2.75) is 12.5 Å². The molecule has 2 heterocycles. The van der Waals surface area contributed by atoms with Crippen LogP contribution in [0.25, 0.3) is 0 Å². The van der Waals surface area contributed by atoms with Crippen molar-refractivity contribution in [2.75, 3.05) is 49.5 Å². The maximum absolute atomic E-state index is 13.1. The Hall–Kier alpha value is -2.55. The number of amides is 2. The van der Waals surface area contributed by atoms with Gasteiger partial charge in [0.15, 0.2) is 5.11 Å². The molecule has 0 aromatic heterocycles. The molecule has 2 aromatic rings. The summed E-state index contributed by atoms with van der Waals surface area (Å²) in [7, 11) is 0. The molecule has 2 aliphatic rings.